The molecule has 2 aromatic carbocycles. The summed E-state index contributed by atoms with van der Waals surface area (Å²) in [5.74, 6) is 1.00. The van der Waals surface area contributed by atoms with Crippen LogP contribution < -0.4 is 0 Å². The Morgan fingerprint density at radius 1 is 1.22 bits per heavy atom. The summed E-state index contributed by atoms with van der Waals surface area (Å²) in [6.45, 7) is 2.56. The number of halogens is 1. The van der Waals surface area contributed by atoms with Crippen molar-refractivity contribution in [1.82, 2.24) is 9.55 Å². The Labute approximate surface area is 139 Å². The molecule has 0 radical (unpaired) electrons. The summed E-state index contributed by atoms with van der Waals surface area (Å²) >= 11 is 6.15. The molecule has 1 heterocycles. The smallest absolute Gasteiger partial charge is 0.114 e. The minimum atomic E-state index is 0.472. The van der Waals surface area contributed by atoms with E-state index in [0.717, 1.165) is 41.0 Å². The molecule has 3 rings (SSSR count). The van der Waals surface area contributed by atoms with Gasteiger partial charge in [-0.05, 0) is 47.8 Å². The quantitative estimate of drug-likeness (QED) is 0.366. The zero-order valence-electron chi connectivity index (χ0n) is 12.8. The van der Waals surface area contributed by atoms with Gasteiger partial charge in [0.1, 0.15) is 5.82 Å². The van der Waals surface area contributed by atoms with Gasteiger partial charge in [-0.3, -0.25) is 4.57 Å². The SMILES string of the molecule is CCc1nc2ccc(Cl)cc2n1-c1ccc(CCN=[N+]=[N-])cc1. The van der Waals surface area contributed by atoms with Crippen LogP contribution in [0.15, 0.2) is 47.6 Å². The van der Waals surface area contributed by atoms with Crippen molar-refractivity contribution in [1.29, 1.82) is 0 Å². The Morgan fingerprint density at radius 2 is 2.00 bits per heavy atom. The van der Waals surface area contributed by atoms with E-state index in [1.165, 1.54) is 0 Å². The molecule has 5 nitrogen and oxygen atoms in total. The maximum Gasteiger partial charge on any atom is 0.114 e. The third-order valence-electron chi connectivity index (χ3n) is 3.76. The van der Waals surface area contributed by atoms with Gasteiger partial charge in [-0.1, -0.05) is 35.8 Å². The normalized spacial score (nSPS) is 10.7. The van der Waals surface area contributed by atoms with Crippen molar-refractivity contribution >= 4 is 22.6 Å². The van der Waals surface area contributed by atoms with E-state index >= 15 is 0 Å². The van der Waals surface area contributed by atoms with E-state index in [4.69, 9.17) is 17.1 Å². The fourth-order valence-corrected chi connectivity index (χ4v) is 2.83. The predicted octanol–water partition coefficient (Wildman–Crippen LogP) is 5.09. The van der Waals surface area contributed by atoms with Crippen LogP contribution >= 0.6 is 11.6 Å². The highest BCUT2D eigenvalue weighted by molar-refractivity contribution is 6.31. The zero-order chi connectivity index (χ0) is 16.2. The monoisotopic (exact) mass is 325 g/mol. The molecule has 6 heteroatoms. The molecular weight excluding hydrogens is 310 g/mol. The second kappa shape index (κ2) is 6.73. The summed E-state index contributed by atoms with van der Waals surface area (Å²) < 4.78 is 2.14. The van der Waals surface area contributed by atoms with Crippen LogP contribution in [-0.2, 0) is 12.8 Å². The first-order valence-corrected chi connectivity index (χ1v) is 7.87. The topological polar surface area (TPSA) is 66.6 Å². The van der Waals surface area contributed by atoms with Crippen LogP contribution in [0.2, 0.25) is 5.02 Å². The van der Waals surface area contributed by atoms with Crippen LogP contribution in [0.5, 0.6) is 0 Å². The maximum atomic E-state index is 8.33. The molecule has 116 valence electrons. The molecule has 0 aliphatic carbocycles. The number of nitrogens with zero attached hydrogens (tertiary/aromatic N) is 5. The van der Waals surface area contributed by atoms with Gasteiger partial charge in [0.2, 0.25) is 0 Å². The summed E-state index contributed by atoms with van der Waals surface area (Å²) in [4.78, 5) is 7.46. The minimum Gasteiger partial charge on any atom is -0.296 e. The Balaban J connectivity index is 2.02. The second-order valence-electron chi connectivity index (χ2n) is 5.22. The lowest BCUT2D eigenvalue weighted by molar-refractivity contribution is 0.905. The first-order valence-electron chi connectivity index (χ1n) is 7.50. The molecule has 0 fully saturated rings. The van der Waals surface area contributed by atoms with E-state index in [0.29, 0.717) is 11.6 Å². The Morgan fingerprint density at radius 3 is 2.70 bits per heavy atom. The van der Waals surface area contributed by atoms with Crippen LogP contribution in [0.4, 0.5) is 0 Å². The maximum absolute atomic E-state index is 8.33. The molecule has 0 amide bonds. The van der Waals surface area contributed by atoms with Gasteiger partial charge in [-0.25, -0.2) is 4.98 Å². The number of benzene rings is 2. The first-order chi connectivity index (χ1) is 11.2. The molecular formula is C17H16ClN5. The molecule has 1 aromatic heterocycles. The molecule has 0 aliphatic heterocycles. The first kappa shape index (κ1) is 15.4. The van der Waals surface area contributed by atoms with E-state index in [-0.39, 0.29) is 0 Å². The highest BCUT2D eigenvalue weighted by atomic mass is 35.5. The van der Waals surface area contributed by atoms with Gasteiger partial charge in [0.05, 0.1) is 11.0 Å². The predicted molar refractivity (Wildman–Crippen MR) is 93.2 cm³/mol. The Hall–Kier alpha value is -2.49. The van der Waals surface area contributed by atoms with Crippen LogP contribution in [0, 0.1) is 0 Å². The fourth-order valence-electron chi connectivity index (χ4n) is 2.66. The number of rotatable bonds is 5. The molecule has 3 aromatic rings. The van der Waals surface area contributed by atoms with Crippen molar-refractivity contribution < 1.29 is 0 Å². The molecule has 0 aliphatic rings. The number of hydrogen-bond donors (Lipinski definition) is 0. The molecule has 0 spiro atoms. The Bertz CT molecular complexity index is 876. The number of aromatic nitrogens is 2. The number of azide groups is 1. The fraction of sp³-hybridized carbons (Fsp3) is 0.235. The molecule has 23 heavy (non-hydrogen) atoms. The minimum absolute atomic E-state index is 0.472. The second-order valence-corrected chi connectivity index (χ2v) is 5.66. The van der Waals surface area contributed by atoms with Crippen LogP contribution in [0.25, 0.3) is 27.2 Å². The highest BCUT2D eigenvalue weighted by Crippen LogP contribution is 2.25. The van der Waals surface area contributed by atoms with Gasteiger partial charge < -0.3 is 0 Å². The van der Waals surface area contributed by atoms with Gasteiger partial charge in [-0.15, -0.1) is 0 Å². The third kappa shape index (κ3) is 3.16. The van der Waals surface area contributed by atoms with Crippen LogP contribution in [0.1, 0.15) is 18.3 Å². The van der Waals surface area contributed by atoms with Crippen molar-refractivity contribution in [2.24, 2.45) is 5.11 Å². The molecule has 0 saturated carbocycles. The van der Waals surface area contributed by atoms with E-state index in [9.17, 15) is 0 Å². The highest BCUT2D eigenvalue weighted by Gasteiger charge is 2.11. The Kier molecular flexibility index (Phi) is 4.51. The number of hydrogen-bond acceptors (Lipinski definition) is 2. The lowest BCUT2D eigenvalue weighted by Gasteiger charge is -2.09. The van der Waals surface area contributed by atoms with E-state index < -0.39 is 0 Å². The van der Waals surface area contributed by atoms with E-state index in [1.54, 1.807) is 0 Å². The average molecular weight is 326 g/mol. The number of imidazole rings is 1. The summed E-state index contributed by atoms with van der Waals surface area (Å²) in [5.41, 5.74) is 12.5. The van der Waals surface area contributed by atoms with Gasteiger partial charge in [0, 0.05) is 28.6 Å². The van der Waals surface area contributed by atoms with Gasteiger partial charge >= 0.3 is 0 Å². The molecule has 0 saturated heterocycles. The summed E-state index contributed by atoms with van der Waals surface area (Å²) in [7, 11) is 0. The lowest BCUT2D eigenvalue weighted by Crippen LogP contribution is -2.00. The van der Waals surface area contributed by atoms with Crippen molar-refractivity contribution in [3.05, 3.63) is 69.3 Å². The van der Waals surface area contributed by atoms with E-state index in [2.05, 4.69) is 50.8 Å². The largest absolute Gasteiger partial charge is 0.296 e. The number of aryl methyl sites for hydroxylation is 1. The average Bonchev–Trinajstić information content (AvgIpc) is 2.93. The summed E-state index contributed by atoms with van der Waals surface area (Å²) in [6.07, 6.45) is 1.58. The standard InChI is InChI=1S/C17H16ClN5/c1-2-17-21-15-8-5-13(18)11-16(15)23(17)14-6-3-12(4-7-14)9-10-20-22-19/h3-8,11H,2,9-10H2,1H3. The zero-order valence-corrected chi connectivity index (χ0v) is 13.5. The third-order valence-corrected chi connectivity index (χ3v) is 4.00. The summed E-state index contributed by atoms with van der Waals surface area (Å²) in [5, 5.41) is 4.27. The molecule has 0 bridgehead atoms. The van der Waals surface area contributed by atoms with Crippen molar-refractivity contribution in [2.45, 2.75) is 19.8 Å². The van der Waals surface area contributed by atoms with E-state index in [1.807, 2.05) is 18.2 Å². The lowest BCUT2D eigenvalue weighted by atomic mass is 10.1. The number of fused-ring (bicyclic) bond motifs is 1. The summed E-state index contributed by atoms with van der Waals surface area (Å²) in [6, 6.07) is 14.0. The molecule has 0 unspecified atom stereocenters. The molecule has 0 atom stereocenters. The van der Waals surface area contributed by atoms with Crippen molar-refractivity contribution in [2.75, 3.05) is 6.54 Å². The van der Waals surface area contributed by atoms with Crippen LogP contribution in [0.3, 0.4) is 0 Å². The molecule has 0 N–H and O–H groups in total. The van der Waals surface area contributed by atoms with Gasteiger partial charge in [0.25, 0.3) is 0 Å². The van der Waals surface area contributed by atoms with Crippen molar-refractivity contribution in [3.8, 4) is 5.69 Å². The van der Waals surface area contributed by atoms with Crippen molar-refractivity contribution in [3.63, 3.8) is 0 Å². The van der Waals surface area contributed by atoms with Gasteiger partial charge in [0.15, 0.2) is 0 Å². The van der Waals surface area contributed by atoms with Crippen LogP contribution in [-0.4, -0.2) is 16.1 Å². The van der Waals surface area contributed by atoms with Gasteiger partial charge in [-0.2, -0.15) is 0 Å².